The van der Waals surface area contributed by atoms with Crippen LogP contribution in [0, 0.1) is 5.82 Å². The molecule has 1 aromatic heterocycles. The quantitative estimate of drug-likeness (QED) is 0.918. The molecule has 1 atom stereocenters. The van der Waals surface area contributed by atoms with E-state index in [4.69, 9.17) is 11.6 Å². The summed E-state index contributed by atoms with van der Waals surface area (Å²) in [5.41, 5.74) is 0. The molecule has 0 aliphatic carbocycles. The zero-order chi connectivity index (χ0) is 14.8. The second-order valence-corrected chi connectivity index (χ2v) is 6.41. The van der Waals surface area contributed by atoms with Gasteiger partial charge >= 0.3 is 0 Å². The average Bonchev–Trinajstić information content (AvgIpc) is 2.79. The van der Waals surface area contributed by atoms with Gasteiger partial charge in [-0.05, 0) is 31.2 Å². The van der Waals surface area contributed by atoms with Crippen molar-refractivity contribution >= 4 is 21.6 Å². The Morgan fingerprint density at radius 3 is 2.85 bits per heavy atom. The van der Waals surface area contributed by atoms with Gasteiger partial charge < -0.3 is 0 Å². The second-order valence-electron chi connectivity index (χ2n) is 4.33. The van der Waals surface area contributed by atoms with Crippen LogP contribution in [0.5, 0.6) is 0 Å². The minimum atomic E-state index is -3.80. The standard InChI is InChI=1S/C12H13ClFN3O2S/c1-9(8-17-6-2-5-15-17)16-20(18,19)12-4-3-10(14)7-11(12)13/h2-7,9,16H,8H2,1H3/t9-/m0/s1. The fraction of sp³-hybridized carbons (Fsp3) is 0.250. The van der Waals surface area contributed by atoms with Crippen molar-refractivity contribution in [3.05, 3.63) is 47.5 Å². The Morgan fingerprint density at radius 2 is 2.25 bits per heavy atom. The third kappa shape index (κ3) is 3.56. The third-order valence-electron chi connectivity index (χ3n) is 2.56. The van der Waals surface area contributed by atoms with Gasteiger partial charge in [0.15, 0.2) is 0 Å². The molecule has 0 aliphatic heterocycles. The first-order chi connectivity index (χ1) is 9.38. The summed E-state index contributed by atoms with van der Waals surface area (Å²) in [6.07, 6.45) is 3.34. The van der Waals surface area contributed by atoms with Gasteiger partial charge in [-0.1, -0.05) is 11.6 Å². The smallest absolute Gasteiger partial charge is 0.242 e. The van der Waals surface area contributed by atoms with Crippen molar-refractivity contribution < 1.29 is 12.8 Å². The first-order valence-corrected chi connectivity index (χ1v) is 7.69. The van der Waals surface area contributed by atoms with E-state index in [0.717, 1.165) is 18.2 Å². The fourth-order valence-corrected chi connectivity index (χ4v) is 3.51. The molecular weight excluding hydrogens is 305 g/mol. The first kappa shape index (κ1) is 15.0. The molecule has 0 aliphatic rings. The van der Waals surface area contributed by atoms with Crippen LogP contribution < -0.4 is 4.72 Å². The van der Waals surface area contributed by atoms with Crippen molar-refractivity contribution in [2.45, 2.75) is 24.4 Å². The second kappa shape index (κ2) is 5.90. The normalized spacial score (nSPS) is 13.3. The Morgan fingerprint density at radius 1 is 1.50 bits per heavy atom. The summed E-state index contributed by atoms with van der Waals surface area (Å²) < 4.78 is 41.3. The summed E-state index contributed by atoms with van der Waals surface area (Å²) >= 11 is 5.76. The largest absolute Gasteiger partial charge is 0.271 e. The zero-order valence-corrected chi connectivity index (χ0v) is 12.2. The minimum absolute atomic E-state index is 0.145. The number of nitrogens with zero attached hydrogens (tertiary/aromatic N) is 2. The minimum Gasteiger partial charge on any atom is -0.271 e. The lowest BCUT2D eigenvalue weighted by atomic mass is 10.3. The van der Waals surface area contributed by atoms with E-state index < -0.39 is 15.8 Å². The van der Waals surface area contributed by atoms with E-state index in [1.807, 2.05) is 0 Å². The molecule has 0 saturated heterocycles. The molecule has 1 aromatic carbocycles. The number of halogens is 2. The molecule has 2 aromatic rings. The highest BCUT2D eigenvalue weighted by atomic mass is 35.5. The van der Waals surface area contributed by atoms with Crippen molar-refractivity contribution in [1.82, 2.24) is 14.5 Å². The molecule has 8 heteroatoms. The average molecular weight is 318 g/mol. The van der Waals surface area contributed by atoms with Crippen LogP contribution in [0.15, 0.2) is 41.6 Å². The van der Waals surface area contributed by atoms with Crippen LogP contribution >= 0.6 is 11.6 Å². The van der Waals surface area contributed by atoms with Crippen LogP contribution in [0.1, 0.15) is 6.92 Å². The van der Waals surface area contributed by atoms with Crippen LogP contribution in [0.25, 0.3) is 0 Å². The molecule has 0 unspecified atom stereocenters. The van der Waals surface area contributed by atoms with E-state index in [0.29, 0.717) is 6.54 Å². The SMILES string of the molecule is C[C@@H](Cn1cccn1)NS(=O)(=O)c1ccc(F)cc1Cl. The first-order valence-electron chi connectivity index (χ1n) is 5.83. The zero-order valence-electron chi connectivity index (χ0n) is 10.6. The molecule has 0 fully saturated rings. The molecule has 0 spiro atoms. The highest BCUT2D eigenvalue weighted by Gasteiger charge is 2.21. The van der Waals surface area contributed by atoms with Crippen LogP contribution in [0.2, 0.25) is 5.02 Å². The number of benzene rings is 1. The predicted molar refractivity (Wildman–Crippen MR) is 73.4 cm³/mol. The Bertz CT molecular complexity index is 689. The maximum atomic E-state index is 12.9. The summed E-state index contributed by atoms with van der Waals surface area (Å²) in [4.78, 5) is -0.145. The van der Waals surface area contributed by atoms with Crippen molar-refractivity contribution in [1.29, 1.82) is 0 Å². The topological polar surface area (TPSA) is 64.0 Å². The number of aromatic nitrogens is 2. The van der Waals surface area contributed by atoms with Gasteiger partial charge in [0.05, 0.1) is 11.6 Å². The van der Waals surface area contributed by atoms with Crippen LogP contribution in [-0.2, 0) is 16.6 Å². The van der Waals surface area contributed by atoms with Crippen LogP contribution in [-0.4, -0.2) is 24.2 Å². The van der Waals surface area contributed by atoms with E-state index >= 15 is 0 Å². The third-order valence-corrected chi connectivity index (χ3v) is 4.63. The lowest BCUT2D eigenvalue weighted by molar-refractivity contribution is 0.494. The molecule has 0 amide bonds. The highest BCUT2D eigenvalue weighted by molar-refractivity contribution is 7.89. The van der Waals surface area contributed by atoms with Crippen molar-refractivity contribution in [3.8, 4) is 0 Å². The number of sulfonamides is 1. The van der Waals surface area contributed by atoms with Crippen molar-refractivity contribution in [2.24, 2.45) is 0 Å². The molecule has 5 nitrogen and oxygen atoms in total. The summed E-state index contributed by atoms with van der Waals surface area (Å²) in [7, 11) is -3.80. The molecule has 108 valence electrons. The van der Waals surface area contributed by atoms with Gasteiger partial charge in [-0.25, -0.2) is 17.5 Å². The van der Waals surface area contributed by atoms with Gasteiger partial charge in [-0.3, -0.25) is 4.68 Å². The van der Waals surface area contributed by atoms with Gasteiger partial charge in [0.2, 0.25) is 10.0 Å². The summed E-state index contributed by atoms with van der Waals surface area (Å²) in [5, 5.41) is 3.85. The maximum Gasteiger partial charge on any atom is 0.242 e. The number of nitrogens with one attached hydrogen (secondary N) is 1. The predicted octanol–water partition coefficient (Wildman–Crippen LogP) is 2.04. The number of hydrogen-bond donors (Lipinski definition) is 1. The number of hydrogen-bond acceptors (Lipinski definition) is 3. The summed E-state index contributed by atoms with van der Waals surface area (Å²) in [6, 6.07) is 4.52. The van der Waals surface area contributed by atoms with Gasteiger partial charge in [0, 0.05) is 18.4 Å². The molecule has 1 N–H and O–H groups in total. The molecule has 0 radical (unpaired) electrons. The Hall–Kier alpha value is -1.44. The van der Waals surface area contributed by atoms with Crippen molar-refractivity contribution in [3.63, 3.8) is 0 Å². The fourth-order valence-electron chi connectivity index (χ4n) is 1.75. The van der Waals surface area contributed by atoms with E-state index in [1.165, 1.54) is 0 Å². The molecule has 0 saturated carbocycles. The monoisotopic (exact) mass is 317 g/mol. The lowest BCUT2D eigenvalue weighted by Gasteiger charge is -2.15. The Labute approximate surface area is 121 Å². The molecular formula is C12H13ClFN3O2S. The van der Waals surface area contributed by atoms with E-state index in [2.05, 4.69) is 9.82 Å². The molecule has 2 rings (SSSR count). The highest BCUT2D eigenvalue weighted by Crippen LogP contribution is 2.22. The molecule has 0 bridgehead atoms. The van der Waals surface area contributed by atoms with E-state index in [1.54, 1.807) is 30.1 Å². The molecule has 1 heterocycles. The summed E-state index contributed by atoms with van der Waals surface area (Å²) in [5.74, 6) is -0.585. The van der Waals surface area contributed by atoms with Gasteiger partial charge in [-0.2, -0.15) is 5.10 Å². The Kier molecular flexibility index (Phi) is 4.42. The van der Waals surface area contributed by atoms with Gasteiger partial charge in [0.25, 0.3) is 0 Å². The van der Waals surface area contributed by atoms with Gasteiger partial charge in [-0.15, -0.1) is 0 Å². The van der Waals surface area contributed by atoms with Crippen molar-refractivity contribution in [2.75, 3.05) is 0 Å². The Balaban J connectivity index is 2.14. The maximum absolute atomic E-state index is 12.9. The van der Waals surface area contributed by atoms with Crippen LogP contribution in [0.3, 0.4) is 0 Å². The number of rotatable bonds is 5. The van der Waals surface area contributed by atoms with E-state index in [9.17, 15) is 12.8 Å². The van der Waals surface area contributed by atoms with Crippen LogP contribution in [0.4, 0.5) is 4.39 Å². The molecule has 20 heavy (non-hydrogen) atoms. The van der Waals surface area contributed by atoms with Gasteiger partial charge in [0.1, 0.15) is 10.7 Å². The lowest BCUT2D eigenvalue weighted by Crippen LogP contribution is -2.35. The van der Waals surface area contributed by atoms with E-state index in [-0.39, 0.29) is 16.0 Å². The summed E-state index contributed by atoms with van der Waals surface area (Å²) in [6.45, 7) is 2.09.